The highest BCUT2D eigenvalue weighted by molar-refractivity contribution is 7.26. The van der Waals surface area contributed by atoms with Crippen LogP contribution in [0, 0.1) is 0 Å². The topological polar surface area (TPSA) is 9.72 Å². The minimum atomic E-state index is -0.184. The summed E-state index contributed by atoms with van der Waals surface area (Å²) in [7, 11) is 0. The fraction of sp³-hybridized carbons (Fsp3) is 0.270. The summed E-state index contributed by atoms with van der Waals surface area (Å²) in [5.74, 6) is 0. The molecule has 396 valence electrons. The van der Waals surface area contributed by atoms with Crippen LogP contribution < -0.4 is 25.5 Å². The lowest BCUT2D eigenvalue weighted by Gasteiger charge is -2.47. The highest BCUT2D eigenvalue weighted by Crippen LogP contribution is 2.54. The van der Waals surface area contributed by atoms with E-state index in [0.29, 0.717) is 0 Å². The van der Waals surface area contributed by atoms with Gasteiger partial charge in [0.05, 0.1) is 11.4 Å². The van der Waals surface area contributed by atoms with Crippen LogP contribution in [0.3, 0.4) is 0 Å². The third-order valence-electron chi connectivity index (χ3n) is 16.8. The van der Waals surface area contributed by atoms with Gasteiger partial charge >= 0.3 is 6.85 Å². The summed E-state index contributed by atoms with van der Waals surface area (Å²) in [6, 6.07) is 72.8. The molecule has 3 nitrogen and oxygen atoms in total. The molecular weight excluding hydrogens is 974 g/mol. The Morgan fingerprint density at radius 1 is 0.380 bits per heavy atom. The molecule has 12 rings (SSSR count). The molecule has 2 aliphatic heterocycles. The van der Waals surface area contributed by atoms with Gasteiger partial charge in [-0.2, -0.15) is 0 Å². The maximum atomic E-state index is 2.70. The molecule has 10 aromatic rings. The Kier molecular flexibility index (Phi) is 12.4. The van der Waals surface area contributed by atoms with Gasteiger partial charge in [-0.25, -0.2) is 0 Å². The normalized spacial score (nSPS) is 13.7. The van der Waals surface area contributed by atoms with Crippen molar-refractivity contribution in [1.29, 1.82) is 0 Å². The third kappa shape index (κ3) is 9.16. The molecule has 0 saturated carbocycles. The summed E-state index contributed by atoms with van der Waals surface area (Å²) in [4.78, 5) is 7.87. The van der Waals surface area contributed by atoms with Crippen molar-refractivity contribution < 1.29 is 0 Å². The second-order valence-corrected chi connectivity index (χ2v) is 28.6. The molecule has 0 bridgehead atoms. The predicted octanol–water partition coefficient (Wildman–Crippen LogP) is 20.4. The van der Waals surface area contributed by atoms with Crippen molar-refractivity contribution in [3.8, 4) is 22.3 Å². The van der Waals surface area contributed by atoms with Crippen LogP contribution in [-0.4, -0.2) is 6.85 Å². The standard InChI is InChI=1S/C74H76BN3S/c1-70(2,3)48-25-32-53(33-26-48)76(54-34-27-49(28-35-54)71(4,5)6)56-38-39-57-60-44-52(74(13,14)15)45-64-68(60)75(78(63(57)46-56)55-36-29-50(30-37-55)72(7,8)9)61-40-42-66-67(58-23-19-20-24-65(58)79-66)69(61)77(64)62-41-31-51(73(10,11)12)43-59(62)47-21-17-16-18-22-47/h16-46H,1-15H3. The molecule has 0 amide bonds. The number of thiophene rings is 1. The van der Waals surface area contributed by atoms with Gasteiger partial charge in [0.1, 0.15) is 0 Å². The molecule has 0 spiro atoms. The van der Waals surface area contributed by atoms with E-state index in [-0.39, 0.29) is 33.9 Å². The highest BCUT2D eigenvalue weighted by atomic mass is 32.1. The van der Waals surface area contributed by atoms with Crippen molar-refractivity contribution in [3.05, 3.63) is 216 Å². The van der Waals surface area contributed by atoms with Crippen LogP contribution in [-0.2, 0) is 27.1 Å². The van der Waals surface area contributed by atoms with Crippen molar-refractivity contribution in [3.63, 3.8) is 0 Å². The molecular formula is C74H76BN3S. The summed E-state index contributed by atoms with van der Waals surface area (Å²) < 4.78 is 2.59. The van der Waals surface area contributed by atoms with Crippen LogP contribution in [0.4, 0.5) is 45.5 Å². The molecule has 0 saturated heterocycles. The Morgan fingerprint density at radius 3 is 1.48 bits per heavy atom. The molecule has 0 aliphatic carbocycles. The number of benzene rings is 9. The maximum Gasteiger partial charge on any atom is 0.333 e. The van der Waals surface area contributed by atoms with Gasteiger partial charge in [0.15, 0.2) is 0 Å². The lowest BCUT2D eigenvalue weighted by Crippen LogP contribution is -2.61. The molecule has 0 radical (unpaired) electrons. The van der Waals surface area contributed by atoms with Gasteiger partial charge in [-0.05, 0) is 156 Å². The Morgan fingerprint density at radius 2 is 0.899 bits per heavy atom. The van der Waals surface area contributed by atoms with E-state index < -0.39 is 0 Å². The Hall–Kier alpha value is -7.34. The highest BCUT2D eigenvalue weighted by Gasteiger charge is 2.47. The van der Waals surface area contributed by atoms with E-state index in [9.17, 15) is 0 Å². The molecule has 1 aromatic heterocycles. The van der Waals surface area contributed by atoms with Gasteiger partial charge in [0.25, 0.3) is 0 Å². The van der Waals surface area contributed by atoms with Gasteiger partial charge in [0, 0.05) is 65.4 Å². The second-order valence-electron chi connectivity index (χ2n) is 27.6. The molecule has 9 aromatic carbocycles. The average Bonchev–Trinajstić information content (AvgIpc) is 3.07. The Labute approximate surface area is 475 Å². The average molecular weight is 1050 g/mol. The first-order valence-corrected chi connectivity index (χ1v) is 29.3. The zero-order chi connectivity index (χ0) is 55.7. The molecule has 0 N–H and O–H groups in total. The van der Waals surface area contributed by atoms with Crippen molar-refractivity contribution >= 4 is 94.8 Å². The SMILES string of the molecule is CC(C)(C)c1ccc(N2B3c4ccc5sc6ccccc6c5c4N(c4ccc(C(C)(C)C)cc4-c4ccccc4)c4cc(C(C)(C)C)cc(c43)-c3ccc(N(c4ccc(C(C)(C)C)cc4)c4ccc(C(C)(C)C)cc4)cc32)cc1. The lowest BCUT2D eigenvalue weighted by atomic mass is 9.43. The van der Waals surface area contributed by atoms with Gasteiger partial charge in [-0.1, -0.05) is 213 Å². The predicted molar refractivity (Wildman–Crippen MR) is 347 cm³/mol. The van der Waals surface area contributed by atoms with Gasteiger partial charge in [-0.15, -0.1) is 11.3 Å². The summed E-state index contributed by atoms with van der Waals surface area (Å²) in [6.07, 6.45) is 0. The van der Waals surface area contributed by atoms with Crippen molar-refractivity contribution in [2.24, 2.45) is 0 Å². The first-order chi connectivity index (χ1) is 37.3. The fourth-order valence-corrected chi connectivity index (χ4v) is 13.3. The Balaban J connectivity index is 1.21. The monoisotopic (exact) mass is 1050 g/mol. The van der Waals surface area contributed by atoms with E-state index in [4.69, 9.17) is 0 Å². The molecule has 0 atom stereocenters. The minimum Gasteiger partial charge on any atom is -0.376 e. The van der Waals surface area contributed by atoms with Crippen LogP contribution in [0.25, 0.3) is 42.4 Å². The first-order valence-electron chi connectivity index (χ1n) is 28.5. The van der Waals surface area contributed by atoms with Crippen LogP contribution in [0.2, 0.25) is 0 Å². The van der Waals surface area contributed by atoms with E-state index in [1.54, 1.807) is 0 Å². The summed E-state index contributed by atoms with van der Waals surface area (Å²) >= 11 is 1.90. The van der Waals surface area contributed by atoms with Crippen molar-refractivity contribution in [2.75, 3.05) is 14.6 Å². The third-order valence-corrected chi connectivity index (χ3v) is 18.0. The largest absolute Gasteiger partial charge is 0.376 e. The molecule has 5 heteroatoms. The lowest BCUT2D eigenvalue weighted by molar-refractivity contribution is 0.590. The van der Waals surface area contributed by atoms with Crippen LogP contribution in [0.5, 0.6) is 0 Å². The number of hydrogen-bond donors (Lipinski definition) is 0. The van der Waals surface area contributed by atoms with Crippen LogP contribution in [0.15, 0.2) is 188 Å². The second kappa shape index (κ2) is 18.6. The van der Waals surface area contributed by atoms with Gasteiger partial charge in [0.2, 0.25) is 0 Å². The molecule has 3 heterocycles. The van der Waals surface area contributed by atoms with E-state index in [0.717, 1.165) is 22.7 Å². The number of fused-ring (bicyclic) bond motifs is 8. The van der Waals surface area contributed by atoms with E-state index >= 15 is 0 Å². The minimum absolute atomic E-state index is 0.0112. The van der Waals surface area contributed by atoms with E-state index in [2.05, 4.69) is 307 Å². The summed E-state index contributed by atoms with van der Waals surface area (Å²) in [5, 5.41) is 2.59. The summed E-state index contributed by atoms with van der Waals surface area (Å²) in [5.41, 5.74) is 23.3. The molecule has 0 fully saturated rings. The summed E-state index contributed by atoms with van der Waals surface area (Å²) in [6.45, 7) is 34.7. The number of nitrogens with zero attached hydrogens (tertiary/aromatic N) is 3. The molecule has 79 heavy (non-hydrogen) atoms. The Bertz CT molecular complexity index is 3910. The quantitative estimate of drug-likeness (QED) is 0.154. The fourth-order valence-electron chi connectivity index (χ4n) is 12.2. The first kappa shape index (κ1) is 52.4. The van der Waals surface area contributed by atoms with Crippen LogP contribution >= 0.6 is 11.3 Å². The smallest absolute Gasteiger partial charge is 0.333 e. The number of anilines is 8. The van der Waals surface area contributed by atoms with Gasteiger partial charge in [-0.3, -0.25) is 0 Å². The van der Waals surface area contributed by atoms with E-state index in [1.165, 1.54) is 104 Å². The van der Waals surface area contributed by atoms with Crippen molar-refractivity contribution in [1.82, 2.24) is 0 Å². The number of rotatable bonds is 6. The zero-order valence-corrected chi connectivity index (χ0v) is 50.0. The molecule has 2 aliphatic rings. The van der Waals surface area contributed by atoms with Gasteiger partial charge < -0.3 is 14.6 Å². The zero-order valence-electron chi connectivity index (χ0n) is 49.2. The van der Waals surface area contributed by atoms with Crippen LogP contribution in [0.1, 0.15) is 132 Å². The number of hydrogen-bond acceptors (Lipinski definition) is 4. The van der Waals surface area contributed by atoms with E-state index in [1.807, 2.05) is 11.3 Å². The maximum absolute atomic E-state index is 2.70. The van der Waals surface area contributed by atoms with Crippen molar-refractivity contribution in [2.45, 2.75) is 131 Å². The molecule has 0 unspecified atom stereocenters.